The van der Waals surface area contributed by atoms with Crippen molar-refractivity contribution >= 4 is 33.2 Å². The van der Waals surface area contributed by atoms with E-state index < -0.39 is 0 Å². The van der Waals surface area contributed by atoms with E-state index in [-0.39, 0.29) is 0 Å². The first-order chi connectivity index (χ1) is 8.19. The van der Waals surface area contributed by atoms with Crippen molar-refractivity contribution in [2.45, 2.75) is 38.3 Å². The molecule has 2 nitrogen and oxygen atoms in total. The molecule has 94 valence electrons. The molecule has 1 fully saturated rings. The molecule has 0 saturated carbocycles. The fourth-order valence-corrected chi connectivity index (χ4v) is 2.85. The zero-order chi connectivity index (χ0) is 12.3. The Kier molecular flexibility index (Phi) is 4.71. The first-order valence-electron chi connectivity index (χ1n) is 6.02. The number of benzene rings is 1. The van der Waals surface area contributed by atoms with Crippen molar-refractivity contribution in [2.24, 2.45) is 0 Å². The molecule has 2 rings (SSSR count). The van der Waals surface area contributed by atoms with Gasteiger partial charge in [-0.15, -0.1) is 0 Å². The molecule has 1 saturated heterocycles. The van der Waals surface area contributed by atoms with Gasteiger partial charge in [0.25, 0.3) is 0 Å². The number of nitrogens with one attached hydrogen (secondary N) is 1. The Labute approximate surface area is 116 Å². The summed E-state index contributed by atoms with van der Waals surface area (Å²) in [5.41, 5.74) is 1.01. The van der Waals surface area contributed by atoms with Crippen LogP contribution in [0.1, 0.15) is 26.2 Å². The monoisotopic (exact) mass is 317 g/mol. The van der Waals surface area contributed by atoms with E-state index in [4.69, 9.17) is 16.3 Å². The van der Waals surface area contributed by atoms with Crippen LogP contribution in [0.4, 0.5) is 5.69 Å². The first kappa shape index (κ1) is 13.2. The Morgan fingerprint density at radius 3 is 3.06 bits per heavy atom. The fraction of sp³-hybridized carbons (Fsp3) is 0.538. The van der Waals surface area contributed by atoms with Crippen LogP contribution in [0.15, 0.2) is 22.7 Å². The van der Waals surface area contributed by atoms with Crippen molar-refractivity contribution in [3.63, 3.8) is 0 Å². The van der Waals surface area contributed by atoms with Gasteiger partial charge in [0.15, 0.2) is 0 Å². The van der Waals surface area contributed by atoms with Gasteiger partial charge in [0.05, 0.1) is 16.8 Å². The lowest BCUT2D eigenvalue weighted by Gasteiger charge is -2.30. The molecule has 1 aromatic carbocycles. The van der Waals surface area contributed by atoms with E-state index in [0.29, 0.717) is 12.1 Å². The summed E-state index contributed by atoms with van der Waals surface area (Å²) in [6.45, 7) is 3.00. The van der Waals surface area contributed by atoms with Crippen molar-refractivity contribution < 1.29 is 4.74 Å². The number of hydrogen-bond donors (Lipinski definition) is 1. The Morgan fingerprint density at radius 1 is 1.53 bits per heavy atom. The van der Waals surface area contributed by atoms with Gasteiger partial charge >= 0.3 is 0 Å². The van der Waals surface area contributed by atoms with Crippen LogP contribution < -0.4 is 5.32 Å². The molecule has 2 atom stereocenters. The van der Waals surface area contributed by atoms with Crippen molar-refractivity contribution in [1.82, 2.24) is 0 Å². The van der Waals surface area contributed by atoms with Crippen LogP contribution in [-0.4, -0.2) is 18.8 Å². The van der Waals surface area contributed by atoms with Crippen molar-refractivity contribution in [3.05, 3.63) is 27.7 Å². The smallest absolute Gasteiger partial charge is 0.0648 e. The minimum atomic E-state index is 0.385. The van der Waals surface area contributed by atoms with Crippen molar-refractivity contribution in [3.8, 4) is 0 Å². The fourth-order valence-electron chi connectivity index (χ4n) is 2.12. The van der Waals surface area contributed by atoms with Gasteiger partial charge in [-0.3, -0.25) is 0 Å². The lowest BCUT2D eigenvalue weighted by Crippen LogP contribution is -2.33. The minimum Gasteiger partial charge on any atom is -0.381 e. The zero-order valence-electron chi connectivity index (χ0n) is 9.88. The third kappa shape index (κ3) is 3.60. The summed E-state index contributed by atoms with van der Waals surface area (Å²) in [7, 11) is 0. The maximum atomic E-state index is 6.20. The van der Waals surface area contributed by atoms with Crippen LogP contribution in [0.2, 0.25) is 5.02 Å². The molecular weight excluding hydrogens is 302 g/mol. The quantitative estimate of drug-likeness (QED) is 0.887. The molecule has 1 N–H and O–H groups in total. The van der Waals surface area contributed by atoms with Gasteiger partial charge in [0.1, 0.15) is 0 Å². The second-order valence-corrected chi connectivity index (χ2v) is 5.71. The number of ether oxygens (including phenoxy) is 1. The second-order valence-electron chi connectivity index (χ2n) is 4.39. The van der Waals surface area contributed by atoms with E-state index in [9.17, 15) is 0 Å². The summed E-state index contributed by atoms with van der Waals surface area (Å²) in [4.78, 5) is 0. The molecule has 0 aliphatic carbocycles. The van der Waals surface area contributed by atoms with E-state index in [1.165, 1.54) is 0 Å². The van der Waals surface area contributed by atoms with E-state index in [0.717, 1.165) is 41.1 Å². The van der Waals surface area contributed by atoms with E-state index >= 15 is 0 Å². The molecule has 17 heavy (non-hydrogen) atoms. The van der Waals surface area contributed by atoms with Gasteiger partial charge in [-0.25, -0.2) is 0 Å². The van der Waals surface area contributed by atoms with E-state index in [1.54, 1.807) is 0 Å². The van der Waals surface area contributed by atoms with Crippen LogP contribution in [0, 0.1) is 0 Å². The van der Waals surface area contributed by atoms with Crippen LogP contribution in [0.25, 0.3) is 0 Å². The highest BCUT2D eigenvalue weighted by atomic mass is 79.9. The number of halogens is 2. The van der Waals surface area contributed by atoms with E-state index in [2.05, 4.69) is 28.2 Å². The van der Waals surface area contributed by atoms with Gasteiger partial charge in [0, 0.05) is 17.1 Å². The molecule has 0 radical (unpaired) electrons. The van der Waals surface area contributed by atoms with Crippen LogP contribution in [0.5, 0.6) is 0 Å². The summed E-state index contributed by atoms with van der Waals surface area (Å²) < 4.78 is 6.67. The summed E-state index contributed by atoms with van der Waals surface area (Å²) in [5.74, 6) is 0. The van der Waals surface area contributed by atoms with Crippen molar-refractivity contribution in [2.75, 3.05) is 11.9 Å². The maximum Gasteiger partial charge on any atom is 0.0648 e. The Morgan fingerprint density at radius 2 is 2.35 bits per heavy atom. The lowest BCUT2D eigenvalue weighted by molar-refractivity contribution is 0.00926. The predicted octanol–water partition coefficient (Wildman–Crippen LogP) is 4.47. The molecule has 4 heteroatoms. The maximum absolute atomic E-state index is 6.20. The Hall–Kier alpha value is -0.250. The summed E-state index contributed by atoms with van der Waals surface area (Å²) in [6.07, 6.45) is 3.56. The molecule has 1 heterocycles. The highest BCUT2D eigenvalue weighted by Crippen LogP contribution is 2.28. The standard InChI is InChI=1S/C13H17BrClNO/c1-2-11-8-10(5-6-17-11)16-13-4-3-9(14)7-12(13)15/h3-4,7,10-11,16H,2,5-6,8H2,1H3. The first-order valence-corrected chi connectivity index (χ1v) is 7.19. The second kappa shape index (κ2) is 6.07. The van der Waals surface area contributed by atoms with E-state index in [1.807, 2.05) is 18.2 Å². The third-order valence-electron chi connectivity index (χ3n) is 3.11. The van der Waals surface area contributed by atoms with Gasteiger partial charge in [-0.1, -0.05) is 34.5 Å². The average Bonchev–Trinajstić information content (AvgIpc) is 2.33. The predicted molar refractivity (Wildman–Crippen MR) is 75.8 cm³/mol. The van der Waals surface area contributed by atoms with Crippen LogP contribution >= 0.6 is 27.5 Å². The molecule has 1 aromatic rings. The summed E-state index contributed by atoms with van der Waals surface area (Å²) >= 11 is 9.61. The highest BCUT2D eigenvalue weighted by Gasteiger charge is 2.21. The SMILES string of the molecule is CCC1CC(Nc2ccc(Br)cc2Cl)CCO1. The highest BCUT2D eigenvalue weighted by molar-refractivity contribution is 9.10. The normalized spacial score (nSPS) is 24.6. The van der Waals surface area contributed by atoms with Crippen LogP contribution in [-0.2, 0) is 4.74 Å². The molecule has 0 aromatic heterocycles. The van der Waals surface area contributed by atoms with Crippen molar-refractivity contribution in [1.29, 1.82) is 0 Å². The Bertz CT molecular complexity index is 386. The molecule has 0 amide bonds. The lowest BCUT2D eigenvalue weighted by atomic mass is 10.0. The zero-order valence-corrected chi connectivity index (χ0v) is 12.2. The largest absolute Gasteiger partial charge is 0.381 e. The number of rotatable bonds is 3. The number of hydrogen-bond acceptors (Lipinski definition) is 2. The summed E-state index contributed by atoms with van der Waals surface area (Å²) in [5, 5.41) is 4.27. The third-order valence-corrected chi connectivity index (χ3v) is 3.92. The average molecular weight is 319 g/mol. The van der Waals surface area contributed by atoms with Gasteiger partial charge in [0.2, 0.25) is 0 Å². The molecule has 1 aliphatic heterocycles. The molecular formula is C13H17BrClNO. The van der Waals surface area contributed by atoms with Gasteiger partial charge < -0.3 is 10.1 Å². The van der Waals surface area contributed by atoms with Crippen LogP contribution in [0.3, 0.4) is 0 Å². The minimum absolute atomic E-state index is 0.385. The molecule has 0 bridgehead atoms. The van der Waals surface area contributed by atoms with Gasteiger partial charge in [-0.05, 0) is 37.5 Å². The summed E-state index contributed by atoms with van der Waals surface area (Å²) in [6, 6.07) is 6.40. The Balaban J connectivity index is 2.00. The molecule has 1 aliphatic rings. The topological polar surface area (TPSA) is 21.3 Å². The number of anilines is 1. The van der Waals surface area contributed by atoms with Gasteiger partial charge in [-0.2, -0.15) is 0 Å². The molecule has 0 spiro atoms. The molecule has 2 unspecified atom stereocenters.